The zero-order valence-electron chi connectivity index (χ0n) is 13.3. The van der Waals surface area contributed by atoms with E-state index >= 15 is 0 Å². The summed E-state index contributed by atoms with van der Waals surface area (Å²) in [7, 11) is 0. The number of aliphatic hydroxyl groups is 1. The van der Waals surface area contributed by atoms with E-state index < -0.39 is 11.6 Å². The highest BCUT2D eigenvalue weighted by atomic mass is 16.5. The number of hydrogen-bond donors (Lipinski definition) is 1. The number of carbonyl (C=O) groups excluding carboxylic acids is 1. The predicted molar refractivity (Wildman–Crippen MR) is 91.8 cm³/mol. The Kier molecular flexibility index (Phi) is 6.12. The van der Waals surface area contributed by atoms with Crippen molar-refractivity contribution in [1.29, 1.82) is 0 Å². The van der Waals surface area contributed by atoms with E-state index in [2.05, 4.69) is 0 Å². The summed E-state index contributed by atoms with van der Waals surface area (Å²) < 4.78 is 5.04. The van der Waals surface area contributed by atoms with Crippen molar-refractivity contribution in [3.05, 3.63) is 77.9 Å². The molecule has 1 atom stereocenters. The number of rotatable bonds is 7. The minimum absolute atomic E-state index is 0.242. The topological polar surface area (TPSA) is 46.5 Å². The first-order chi connectivity index (χ1) is 11.1. The molecule has 0 amide bonds. The Morgan fingerprint density at radius 2 is 1.70 bits per heavy atom. The lowest BCUT2D eigenvalue weighted by Gasteiger charge is -2.22. The molecule has 2 aromatic carbocycles. The summed E-state index contributed by atoms with van der Waals surface area (Å²) in [4.78, 5) is 12.2. The lowest BCUT2D eigenvalue weighted by atomic mass is 9.93. The number of aryl methyl sites for hydroxylation is 1. The van der Waals surface area contributed by atoms with Crippen molar-refractivity contribution in [2.24, 2.45) is 0 Å². The average Bonchev–Trinajstić information content (AvgIpc) is 2.60. The van der Waals surface area contributed by atoms with Gasteiger partial charge in [0.25, 0.3) is 0 Å². The van der Waals surface area contributed by atoms with Gasteiger partial charge in [0.05, 0.1) is 6.61 Å². The normalized spacial score (nSPS) is 13.7. The van der Waals surface area contributed by atoms with Crippen molar-refractivity contribution in [2.45, 2.75) is 25.4 Å². The molecule has 0 aromatic heterocycles. The molecular formula is C20H22O3. The number of benzene rings is 2. The van der Waals surface area contributed by atoms with Crippen LogP contribution < -0.4 is 0 Å². The molecule has 0 saturated heterocycles. The van der Waals surface area contributed by atoms with E-state index in [1.54, 1.807) is 13.0 Å². The van der Waals surface area contributed by atoms with Gasteiger partial charge in [0, 0.05) is 0 Å². The van der Waals surface area contributed by atoms with Crippen LogP contribution in [0.5, 0.6) is 0 Å². The van der Waals surface area contributed by atoms with Gasteiger partial charge in [-0.05, 0) is 37.0 Å². The van der Waals surface area contributed by atoms with E-state index in [0.717, 1.165) is 11.1 Å². The fourth-order valence-electron chi connectivity index (χ4n) is 2.29. The van der Waals surface area contributed by atoms with Crippen LogP contribution in [0.2, 0.25) is 0 Å². The van der Waals surface area contributed by atoms with Gasteiger partial charge in [0.1, 0.15) is 0 Å². The third-order valence-corrected chi connectivity index (χ3v) is 3.62. The monoisotopic (exact) mass is 310 g/mol. The Morgan fingerprint density at radius 1 is 1.09 bits per heavy atom. The molecule has 0 fully saturated rings. The van der Waals surface area contributed by atoms with Crippen molar-refractivity contribution >= 4 is 12.0 Å². The van der Waals surface area contributed by atoms with E-state index in [9.17, 15) is 9.90 Å². The lowest BCUT2D eigenvalue weighted by Crippen LogP contribution is -2.38. The second kappa shape index (κ2) is 8.30. The molecule has 0 aliphatic carbocycles. The zero-order valence-corrected chi connectivity index (χ0v) is 13.3. The van der Waals surface area contributed by atoms with Gasteiger partial charge in [0.15, 0.2) is 5.60 Å². The summed E-state index contributed by atoms with van der Waals surface area (Å²) in [6.07, 6.45) is 4.15. The molecule has 3 heteroatoms. The minimum Gasteiger partial charge on any atom is -0.464 e. The Labute approximate surface area is 137 Å². The van der Waals surface area contributed by atoms with Gasteiger partial charge >= 0.3 is 5.97 Å². The number of ether oxygens (including phenoxy) is 1. The van der Waals surface area contributed by atoms with Crippen LogP contribution >= 0.6 is 0 Å². The maximum absolute atomic E-state index is 12.2. The molecule has 0 aliphatic heterocycles. The van der Waals surface area contributed by atoms with Crippen LogP contribution in [0.1, 0.15) is 24.5 Å². The Morgan fingerprint density at radius 3 is 2.30 bits per heavy atom. The maximum atomic E-state index is 12.2. The van der Waals surface area contributed by atoms with Gasteiger partial charge in [-0.2, -0.15) is 0 Å². The fourth-order valence-corrected chi connectivity index (χ4v) is 2.29. The smallest absolute Gasteiger partial charge is 0.342 e. The molecule has 3 nitrogen and oxygen atoms in total. The van der Waals surface area contributed by atoms with Crippen LogP contribution in [-0.4, -0.2) is 23.3 Å². The molecule has 1 N–H and O–H groups in total. The molecule has 0 spiro atoms. The highest BCUT2D eigenvalue weighted by molar-refractivity contribution is 5.83. The number of esters is 1. The molecule has 2 aromatic rings. The van der Waals surface area contributed by atoms with Crippen LogP contribution in [0.3, 0.4) is 0 Å². The number of carbonyl (C=O) groups is 1. The van der Waals surface area contributed by atoms with Crippen LogP contribution in [0.4, 0.5) is 0 Å². The van der Waals surface area contributed by atoms with Crippen molar-refractivity contribution in [3.8, 4) is 0 Å². The summed E-state index contributed by atoms with van der Waals surface area (Å²) in [5.41, 5.74) is 0.375. The molecular weight excluding hydrogens is 288 g/mol. The SMILES string of the molecule is CCOC(=O)C(O)(C=Cc1ccccc1)CCc1ccccc1. The van der Waals surface area contributed by atoms with E-state index in [1.165, 1.54) is 6.08 Å². The number of hydrogen-bond acceptors (Lipinski definition) is 3. The van der Waals surface area contributed by atoms with Crippen molar-refractivity contribution in [3.63, 3.8) is 0 Å². The van der Waals surface area contributed by atoms with Crippen molar-refractivity contribution in [1.82, 2.24) is 0 Å². The second-order valence-electron chi connectivity index (χ2n) is 5.37. The van der Waals surface area contributed by atoms with Gasteiger partial charge < -0.3 is 9.84 Å². The Bertz CT molecular complexity index is 634. The fraction of sp³-hybridized carbons (Fsp3) is 0.250. The molecule has 1 unspecified atom stereocenters. The van der Waals surface area contributed by atoms with E-state index in [0.29, 0.717) is 6.42 Å². The van der Waals surface area contributed by atoms with Gasteiger partial charge in [-0.25, -0.2) is 4.79 Å². The highest BCUT2D eigenvalue weighted by Crippen LogP contribution is 2.20. The Hall–Kier alpha value is -2.39. The molecule has 120 valence electrons. The summed E-state index contributed by atoms with van der Waals surface area (Å²) in [6, 6.07) is 19.4. The lowest BCUT2D eigenvalue weighted by molar-refractivity contribution is -0.160. The molecule has 0 saturated carbocycles. The summed E-state index contributed by atoms with van der Waals surface area (Å²) >= 11 is 0. The highest BCUT2D eigenvalue weighted by Gasteiger charge is 2.34. The standard InChI is InChI=1S/C20H22O3/c1-2-23-19(21)20(22,15-13-17-9-5-3-6-10-17)16-14-18-11-7-4-8-12-18/h3-13,15,22H,2,14,16H2,1H3. The van der Waals surface area contributed by atoms with E-state index in [1.807, 2.05) is 60.7 Å². The first-order valence-electron chi connectivity index (χ1n) is 7.82. The molecule has 0 aliphatic rings. The summed E-state index contributed by atoms with van der Waals surface area (Å²) in [5, 5.41) is 10.8. The molecule has 0 heterocycles. The third kappa shape index (κ3) is 5.08. The Balaban J connectivity index is 2.14. The van der Waals surface area contributed by atoms with E-state index in [4.69, 9.17) is 4.74 Å². The molecule has 0 bridgehead atoms. The third-order valence-electron chi connectivity index (χ3n) is 3.62. The largest absolute Gasteiger partial charge is 0.464 e. The van der Waals surface area contributed by atoms with Gasteiger partial charge in [-0.15, -0.1) is 0 Å². The molecule has 2 rings (SSSR count). The first-order valence-corrected chi connectivity index (χ1v) is 7.82. The van der Waals surface area contributed by atoms with Crippen molar-refractivity contribution < 1.29 is 14.6 Å². The van der Waals surface area contributed by atoms with Gasteiger partial charge in [-0.3, -0.25) is 0 Å². The van der Waals surface area contributed by atoms with E-state index in [-0.39, 0.29) is 13.0 Å². The quantitative estimate of drug-likeness (QED) is 0.794. The molecule has 0 radical (unpaired) electrons. The molecule has 23 heavy (non-hydrogen) atoms. The minimum atomic E-state index is -1.62. The maximum Gasteiger partial charge on any atom is 0.342 e. The summed E-state index contributed by atoms with van der Waals surface area (Å²) in [6.45, 7) is 1.97. The van der Waals surface area contributed by atoms with Crippen molar-refractivity contribution in [2.75, 3.05) is 6.61 Å². The average molecular weight is 310 g/mol. The van der Waals surface area contributed by atoms with Crippen LogP contribution in [0.15, 0.2) is 66.7 Å². The van der Waals surface area contributed by atoms with Crippen LogP contribution in [-0.2, 0) is 16.0 Å². The summed E-state index contributed by atoms with van der Waals surface area (Å²) in [5.74, 6) is -0.608. The first kappa shape index (κ1) is 17.0. The second-order valence-corrected chi connectivity index (χ2v) is 5.37. The van der Waals surface area contributed by atoms with Crippen LogP contribution in [0.25, 0.3) is 6.08 Å². The van der Waals surface area contributed by atoms with Gasteiger partial charge in [-0.1, -0.05) is 66.7 Å². The zero-order chi connectivity index (χ0) is 16.5. The van der Waals surface area contributed by atoms with Gasteiger partial charge in [0.2, 0.25) is 0 Å². The van der Waals surface area contributed by atoms with Crippen LogP contribution in [0, 0.1) is 0 Å². The predicted octanol–water partition coefficient (Wildman–Crippen LogP) is 3.63.